The van der Waals surface area contributed by atoms with Crippen molar-refractivity contribution in [3.63, 3.8) is 0 Å². The first-order valence-corrected chi connectivity index (χ1v) is 12.1. The van der Waals surface area contributed by atoms with Crippen molar-refractivity contribution in [3.8, 4) is 0 Å². The maximum absolute atomic E-state index is 12.9. The van der Waals surface area contributed by atoms with Crippen LogP contribution in [0.15, 0.2) is 6.20 Å². The van der Waals surface area contributed by atoms with Crippen LogP contribution in [-0.2, 0) is 22.7 Å². The Kier molecular flexibility index (Phi) is 9.29. The van der Waals surface area contributed by atoms with Crippen molar-refractivity contribution in [2.24, 2.45) is 11.8 Å². The molecule has 2 aliphatic rings. The third-order valence-corrected chi connectivity index (χ3v) is 6.93. The van der Waals surface area contributed by atoms with Crippen LogP contribution in [0.1, 0.15) is 64.5 Å². The molecule has 0 saturated heterocycles. The van der Waals surface area contributed by atoms with E-state index in [-0.39, 0.29) is 30.6 Å². The smallest absolute Gasteiger partial charge is 0.222 e. The van der Waals surface area contributed by atoms with E-state index < -0.39 is 0 Å². The fourth-order valence-electron chi connectivity index (χ4n) is 4.94. The van der Waals surface area contributed by atoms with Crippen molar-refractivity contribution < 1.29 is 14.6 Å². The normalized spacial score (nSPS) is 25.7. The van der Waals surface area contributed by atoms with Crippen LogP contribution in [0.3, 0.4) is 0 Å². The Morgan fingerprint density at radius 1 is 1.26 bits per heavy atom. The zero-order valence-electron chi connectivity index (χ0n) is 19.6. The van der Waals surface area contributed by atoms with Gasteiger partial charge in [0.15, 0.2) is 0 Å². The van der Waals surface area contributed by atoms with E-state index in [9.17, 15) is 9.90 Å². The van der Waals surface area contributed by atoms with Gasteiger partial charge in [-0.3, -0.25) is 4.79 Å². The Bertz CT molecular complexity index is 676. The Labute approximate surface area is 186 Å². The number of hydrogen-bond donors (Lipinski definition) is 1. The van der Waals surface area contributed by atoms with E-state index in [1.807, 2.05) is 16.5 Å². The average molecular weight is 436 g/mol. The summed E-state index contributed by atoms with van der Waals surface area (Å²) in [5, 5.41) is 17.9. The monoisotopic (exact) mass is 435 g/mol. The van der Waals surface area contributed by atoms with Gasteiger partial charge in [0.05, 0.1) is 37.3 Å². The molecule has 3 atom stereocenters. The molecule has 1 fully saturated rings. The molecule has 8 heteroatoms. The number of aryl methyl sites for hydroxylation is 1. The van der Waals surface area contributed by atoms with E-state index in [1.165, 1.54) is 32.1 Å². The van der Waals surface area contributed by atoms with Crippen LogP contribution >= 0.6 is 0 Å². The molecular formula is C23H41N5O3. The van der Waals surface area contributed by atoms with Crippen molar-refractivity contribution >= 4 is 5.91 Å². The minimum atomic E-state index is -0.194. The summed E-state index contributed by atoms with van der Waals surface area (Å²) in [5.74, 6) is 1.01. The standard InChI is InChI=1S/C23H41N5O3/c1-18-13-27(19(2)16-29)23(30)10-7-11-28-21(12-24-25-28)17-31-22(18)15-26(3)14-20-8-5-4-6-9-20/h12,18-20,22,29H,4-11,13-17H2,1-3H3/t18-,19+,22-/m1/s1. The number of hydrogen-bond acceptors (Lipinski definition) is 6. The van der Waals surface area contributed by atoms with E-state index in [2.05, 4.69) is 29.2 Å². The van der Waals surface area contributed by atoms with Gasteiger partial charge in [0.2, 0.25) is 5.91 Å². The van der Waals surface area contributed by atoms with E-state index in [0.29, 0.717) is 32.5 Å². The second kappa shape index (κ2) is 11.9. The third kappa shape index (κ3) is 6.99. The van der Waals surface area contributed by atoms with Gasteiger partial charge in [0.1, 0.15) is 0 Å². The van der Waals surface area contributed by atoms with Gasteiger partial charge in [-0.05, 0) is 39.2 Å². The van der Waals surface area contributed by atoms with Crippen molar-refractivity contribution in [1.82, 2.24) is 24.8 Å². The number of aliphatic hydroxyl groups is 1. The van der Waals surface area contributed by atoms with Gasteiger partial charge in [0.25, 0.3) is 0 Å². The second-order valence-corrected chi connectivity index (χ2v) is 9.68. The maximum Gasteiger partial charge on any atom is 0.222 e. The lowest BCUT2D eigenvalue weighted by Crippen LogP contribution is -2.47. The second-order valence-electron chi connectivity index (χ2n) is 9.68. The van der Waals surface area contributed by atoms with Crippen LogP contribution in [-0.4, -0.2) is 81.2 Å². The van der Waals surface area contributed by atoms with Gasteiger partial charge in [-0.1, -0.05) is 31.4 Å². The van der Waals surface area contributed by atoms with Crippen molar-refractivity contribution in [1.29, 1.82) is 0 Å². The molecule has 176 valence electrons. The third-order valence-electron chi connectivity index (χ3n) is 6.93. The van der Waals surface area contributed by atoms with Gasteiger partial charge >= 0.3 is 0 Å². The summed E-state index contributed by atoms with van der Waals surface area (Å²) < 4.78 is 8.28. The highest BCUT2D eigenvalue weighted by molar-refractivity contribution is 5.76. The van der Waals surface area contributed by atoms with Crippen LogP contribution in [0.4, 0.5) is 0 Å². The largest absolute Gasteiger partial charge is 0.394 e. The molecule has 3 rings (SSSR count). The first-order chi connectivity index (χ1) is 15.0. The predicted octanol–water partition coefficient (Wildman–Crippen LogP) is 2.31. The Morgan fingerprint density at radius 3 is 2.77 bits per heavy atom. The molecule has 2 heterocycles. The molecule has 0 bridgehead atoms. The quantitative estimate of drug-likeness (QED) is 0.738. The lowest BCUT2D eigenvalue weighted by atomic mass is 9.89. The Balaban J connectivity index is 1.72. The van der Waals surface area contributed by atoms with Crippen LogP contribution in [0, 0.1) is 11.8 Å². The number of aromatic nitrogens is 3. The molecule has 1 aromatic heterocycles. The van der Waals surface area contributed by atoms with Gasteiger partial charge in [-0.15, -0.1) is 5.10 Å². The predicted molar refractivity (Wildman–Crippen MR) is 119 cm³/mol. The van der Waals surface area contributed by atoms with Crippen molar-refractivity contribution in [2.45, 2.75) is 84.1 Å². The summed E-state index contributed by atoms with van der Waals surface area (Å²) in [6.45, 7) is 7.69. The molecule has 1 N–H and O–H groups in total. The molecule has 1 aliphatic carbocycles. The first kappa shape index (κ1) is 24.1. The first-order valence-electron chi connectivity index (χ1n) is 12.1. The molecule has 0 unspecified atom stereocenters. The topological polar surface area (TPSA) is 83.7 Å². The molecule has 31 heavy (non-hydrogen) atoms. The van der Waals surface area contributed by atoms with Gasteiger partial charge in [0, 0.05) is 38.5 Å². The highest BCUT2D eigenvalue weighted by Gasteiger charge is 2.28. The lowest BCUT2D eigenvalue weighted by molar-refractivity contribution is -0.136. The van der Waals surface area contributed by atoms with Crippen LogP contribution < -0.4 is 0 Å². The van der Waals surface area contributed by atoms with E-state index in [4.69, 9.17) is 4.74 Å². The van der Waals surface area contributed by atoms with Crippen LogP contribution in [0.5, 0.6) is 0 Å². The number of aliphatic hydroxyl groups excluding tert-OH is 1. The van der Waals surface area contributed by atoms with Crippen molar-refractivity contribution in [3.05, 3.63) is 11.9 Å². The van der Waals surface area contributed by atoms with Gasteiger partial charge < -0.3 is 19.6 Å². The van der Waals surface area contributed by atoms with E-state index in [0.717, 1.165) is 24.7 Å². The maximum atomic E-state index is 12.9. The van der Waals surface area contributed by atoms with Crippen LogP contribution in [0.2, 0.25) is 0 Å². The number of nitrogens with zero attached hydrogens (tertiary/aromatic N) is 5. The van der Waals surface area contributed by atoms with Crippen molar-refractivity contribution in [2.75, 3.05) is 33.3 Å². The molecule has 0 radical (unpaired) electrons. The molecular weight excluding hydrogens is 394 g/mol. The number of rotatable bonds is 6. The minimum Gasteiger partial charge on any atom is -0.394 e. The summed E-state index contributed by atoms with van der Waals surface area (Å²) in [6.07, 6.45) is 9.62. The van der Waals surface area contributed by atoms with E-state index >= 15 is 0 Å². The Hall–Kier alpha value is -1.51. The molecule has 1 saturated carbocycles. The number of amides is 1. The molecule has 8 nitrogen and oxygen atoms in total. The average Bonchev–Trinajstić information content (AvgIpc) is 3.21. The summed E-state index contributed by atoms with van der Waals surface area (Å²) in [6, 6.07) is -0.194. The SMILES string of the molecule is C[C@@H]1CN([C@@H](C)CO)C(=O)CCCn2nncc2CO[C@@H]1CN(C)CC1CCCCC1. The number of carbonyl (C=O) groups excluding carboxylic acids is 1. The molecule has 0 spiro atoms. The fourth-order valence-corrected chi connectivity index (χ4v) is 4.94. The summed E-state index contributed by atoms with van der Waals surface area (Å²) in [4.78, 5) is 17.2. The molecule has 1 aromatic rings. The highest BCUT2D eigenvalue weighted by Crippen LogP contribution is 2.25. The van der Waals surface area contributed by atoms with E-state index in [1.54, 1.807) is 6.20 Å². The minimum absolute atomic E-state index is 0.0161. The summed E-state index contributed by atoms with van der Waals surface area (Å²) >= 11 is 0. The zero-order chi connectivity index (χ0) is 22.2. The zero-order valence-corrected chi connectivity index (χ0v) is 19.6. The van der Waals surface area contributed by atoms with Gasteiger partial charge in [-0.25, -0.2) is 4.68 Å². The Morgan fingerprint density at radius 2 is 2.03 bits per heavy atom. The number of fused-ring (bicyclic) bond motifs is 1. The molecule has 0 aromatic carbocycles. The number of carbonyl (C=O) groups is 1. The number of ether oxygens (including phenoxy) is 1. The highest BCUT2D eigenvalue weighted by atomic mass is 16.5. The lowest BCUT2D eigenvalue weighted by Gasteiger charge is -2.36. The van der Waals surface area contributed by atoms with Crippen LogP contribution in [0.25, 0.3) is 0 Å². The number of likely N-dealkylation sites (N-methyl/N-ethyl adjacent to an activating group) is 1. The summed E-state index contributed by atoms with van der Waals surface area (Å²) in [5.41, 5.74) is 0.959. The van der Waals surface area contributed by atoms with Gasteiger partial charge in [-0.2, -0.15) is 0 Å². The fraction of sp³-hybridized carbons (Fsp3) is 0.870. The molecule has 1 aliphatic heterocycles. The summed E-state index contributed by atoms with van der Waals surface area (Å²) in [7, 11) is 2.19. The molecule has 1 amide bonds.